The highest BCUT2D eigenvalue weighted by molar-refractivity contribution is 5.73. The molecule has 0 spiro atoms. The summed E-state index contributed by atoms with van der Waals surface area (Å²) in [7, 11) is 6.90. The van der Waals surface area contributed by atoms with E-state index in [9.17, 15) is 47.9 Å². The third-order valence-corrected chi connectivity index (χ3v) is 8.65. The van der Waals surface area contributed by atoms with Gasteiger partial charge < -0.3 is 85.6 Å². The fourth-order valence-corrected chi connectivity index (χ4v) is 4.81. The topological polar surface area (TPSA) is 325 Å². The summed E-state index contributed by atoms with van der Waals surface area (Å²) in [4.78, 5) is 106. The summed E-state index contributed by atoms with van der Waals surface area (Å²) in [5.41, 5.74) is 0. The maximum absolute atomic E-state index is 10.3. The first kappa shape index (κ1) is 108. The average molecular weight is 1340 g/mol. The molecule has 0 N–H and O–H groups in total. The summed E-state index contributed by atoms with van der Waals surface area (Å²) in [6, 6.07) is 0. The number of nitrogens with zero attached hydrogens (tertiary/aromatic N) is 2. The Bertz CT molecular complexity index is 1410. The zero-order valence-electron chi connectivity index (χ0n) is 62.4. The van der Waals surface area contributed by atoms with E-state index < -0.39 is 0 Å². The molecule has 0 saturated carbocycles. The van der Waals surface area contributed by atoms with Crippen LogP contribution in [0.1, 0.15) is 180 Å². The van der Waals surface area contributed by atoms with Gasteiger partial charge in [0.2, 0.25) is 11.8 Å². The van der Waals surface area contributed by atoms with E-state index in [0.717, 1.165) is 0 Å². The molecule has 0 aromatic carbocycles. The first-order valence-electron chi connectivity index (χ1n) is 31.0. The van der Waals surface area contributed by atoms with E-state index in [1.807, 2.05) is 55.4 Å². The highest BCUT2D eigenvalue weighted by Crippen LogP contribution is 1.97. The van der Waals surface area contributed by atoms with Crippen molar-refractivity contribution in [3.05, 3.63) is 0 Å². The number of carbonyl (C=O) groups excluding carboxylic acids is 10. The molecule has 28 nitrogen and oxygen atoms in total. The second-order valence-corrected chi connectivity index (χ2v) is 19.5. The summed E-state index contributed by atoms with van der Waals surface area (Å²) in [5.74, 6) is -1.87. The van der Waals surface area contributed by atoms with Gasteiger partial charge in [-0.2, -0.15) is 0 Å². The van der Waals surface area contributed by atoms with E-state index in [1.165, 1.54) is 79.0 Å². The minimum Gasteiger partial charge on any atom is -0.460 e. The third-order valence-electron chi connectivity index (χ3n) is 8.65. The molecule has 8 atom stereocenters. The number of esters is 8. The molecule has 0 aliphatic carbocycles. The summed E-state index contributed by atoms with van der Waals surface area (Å²) in [5, 5.41) is 0. The SMILES string of the molecule is CC(=O)N(C)C.CC(=O)N(C)C.CCOCC(C)OC(C)=O.CCOCC(C)OC(C)=O.CCOCC(C)OC(C)=O.CCOCC(C)OC(C)=O.CCOCC(C)OC(C)=O.CCOCC(C)OC(C)=O.CCOCC(C)OC(C)=O.CCOCC(C)OC(C)=O. The number of amides is 2. The van der Waals surface area contributed by atoms with Crippen molar-refractivity contribution in [3.8, 4) is 0 Å². The van der Waals surface area contributed by atoms with Crippen molar-refractivity contribution < 1.29 is 124 Å². The van der Waals surface area contributed by atoms with Gasteiger partial charge in [0, 0.05) is 150 Å². The second-order valence-electron chi connectivity index (χ2n) is 19.5. The van der Waals surface area contributed by atoms with Crippen LogP contribution < -0.4 is 0 Å². The van der Waals surface area contributed by atoms with Crippen molar-refractivity contribution in [2.24, 2.45) is 0 Å². The molecule has 0 aromatic heterocycles. The molecule has 0 aliphatic heterocycles. The summed E-state index contributed by atoms with van der Waals surface area (Å²) in [6.45, 7) is 53.0. The van der Waals surface area contributed by atoms with Crippen molar-refractivity contribution in [2.45, 2.75) is 229 Å². The van der Waals surface area contributed by atoms with Gasteiger partial charge in [-0.25, -0.2) is 0 Å². The van der Waals surface area contributed by atoms with E-state index >= 15 is 0 Å². The van der Waals surface area contributed by atoms with Crippen LogP contribution in [0.5, 0.6) is 0 Å². The van der Waals surface area contributed by atoms with Crippen LogP contribution in [0, 0.1) is 0 Å². The van der Waals surface area contributed by atoms with Crippen molar-refractivity contribution in [2.75, 3.05) is 134 Å². The van der Waals surface area contributed by atoms with Gasteiger partial charge in [-0.3, -0.25) is 47.9 Å². The molecule has 28 heteroatoms. The lowest BCUT2D eigenvalue weighted by atomic mass is 10.4. The van der Waals surface area contributed by atoms with Gasteiger partial charge in [0.15, 0.2) is 0 Å². The van der Waals surface area contributed by atoms with Crippen LogP contribution in [0.25, 0.3) is 0 Å². The molecule has 92 heavy (non-hydrogen) atoms. The van der Waals surface area contributed by atoms with Crippen LogP contribution in [0.15, 0.2) is 0 Å². The molecule has 0 aromatic rings. The maximum Gasteiger partial charge on any atom is 0.302 e. The molecule has 2 amide bonds. The molecule has 0 heterocycles. The molecule has 0 radical (unpaired) electrons. The van der Waals surface area contributed by atoms with Crippen LogP contribution in [0.3, 0.4) is 0 Å². The zero-order chi connectivity index (χ0) is 74.2. The molecular formula is C64H130N2O26. The minimum absolute atomic E-state index is 0.0926. The number of rotatable bonds is 32. The highest BCUT2D eigenvalue weighted by atomic mass is 16.6. The first-order valence-corrected chi connectivity index (χ1v) is 31.0. The molecule has 8 unspecified atom stereocenters. The monoisotopic (exact) mass is 1340 g/mol. The quantitative estimate of drug-likeness (QED) is 0.0455. The van der Waals surface area contributed by atoms with Crippen LogP contribution in [-0.2, 0) is 124 Å². The Morgan fingerprint density at radius 2 is 0.293 bits per heavy atom. The van der Waals surface area contributed by atoms with E-state index in [0.29, 0.717) is 106 Å². The van der Waals surface area contributed by atoms with Crippen molar-refractivity contribution in [1.82, 2.24) is 9.80 Å². The molecule has 0 saturated heterocycles. The van der Waals surface area contributed by atoms with Gasteiger partial charge >= 0.3 is 47.8 Å². The molecule has 0 fully saturated rings. The fourth-order valence-electron chi connectivity index (χ4n) is 4.81. The molecule has 0 bridgehead atoms. The van der Waals surface area contributed by atoms with Crippen LogP contribution in [0.2, 0.25) is 0 Å². The first-order chi connectivity index (χ1) is 42.6. The lowest BCUT2D eigenvalue weighted by Gasteiger charge is -2.10. The van der Waals surface area contributed by atoms with Gasteiger partial charge in [0.1, 0.15) is 48.8 Å². The van der Waals surface area contributed by atoms with Gasteiger partial charge in [0.25, 0.3) is 0 Å². The summed E-state index contributed by atoms with van der Waals surface area (Å²) in [6.07, 6.45) is -1.02. The van der Waals surface area contributed by atoms with Crippen molar-refractivity contribution in [1.29, 1.82) is 0 Å². The van der Waals surface area contributed by atoms with Gasteiger partial charge in [-0.05, 0) is 111 Å². The Morgan fingerprint density at radius 3 is 0.337 bits per heavy atom. The Morgan fingerprint density at radius 1 is 0.217 bits per heavy atom. The smallest absolute Gasteiger partial charge is 0.302 e. The lowest BCUT2D eigenvalue weighted by molar-refractivity contribution is -0.149. The fraction of sp³-hybridized carbons (Fsp3) is 0.844. The van der Waals surface area contributed by atoms with E-state index in [1.54, 1.807) is 83.6 Å². The number of hydrogen-bond donors (Lipinski definition) is 0. The summed E-state index contributed by atoms with van der Waals surface area (Å²) < 4.78 is 78.5. The van der Waals surface area contributed by atoms with Gasteiger partial charge in [-0.15, -0.1) is 0 Å². The average Bonchev–Trinajstić information content (AvgIpc) is 3.58. The molecule has 0 rings (SSSR count). The predicted octanol–water partition coefficient (Wildman–Crippen LogP) is 7.99. The Labute approximate surface area is 554 Å². The number of carbonyl (C=O) groups is 10. The zero-order valence-corrected chi connectivity index (χ0v) is 62.4. The molecule has 552 valence electrons. The van der Waals surface area contributed by atoms with E-state index in [-0.39, 0.29) is 108 Å². The lowest BCUT2D eigenvalue weighted by Crippen LogP contribution is -2.18. The standard InChI is InChI=1S/8C7H14O3.2C4H9NO/c8*1-4-9-5-6(2)10-7(3)8;2*1-4(6)5(2)3/h8*6H,4-5H2,1-3H3;2*1-3H3. The van der Waals surface area contributed by atoms with Crippen molar-refractivity contribution in [3.63, 3.8) is 0 Å². The van der Waals surface area contributed by atoms with Crippen molar-refractivity contribution >= 4 is 59.6 Å². The maximum atomic E-state index is 10.3. The van der Waals surface area contributed by atoms with E-state index in [4.69, 9.17) is 75.8 Å². The van der Waals surface area contributed by atoms with E-state index in [2.05, 4.69) is 0 Å². The van der Waals surface area contributed by atoms with Crippen LogP contribution in [-0.4, -0.2) is 252 Å². The van der Waals surface area contributed by atoms with Gasteiger partial charge in [0.05, 0.1) is 52.9 Å². The largest absolute Gasteiger partial charge is 0.460 e. The van der Waals surface area contributed by atoms with Gasteiger partial charge in [-0.1, -0.05) is 0 Å². The third kappa shape index (κ3) is 133. The van der Waals surface area contributed by atoms with Crippen LogP contribution >= 0.6 is 0 Å². The molecule has 0 aliphatic rings. The summed E-state index contributed by atoms with van der Waals surface area (Å²) >= 11 is 0. The molecular weight excluding hydrogens is 1210 g/mol. The highest BCUT2D eigenvalue weighted by Gasteiger charge is 2.09. The second kappa shape index (κ2) is 81.5. The Kier molecular flexibility index (Phi) is 95.6. The Balaban J connectivity index is -0.000000102. The number of ether oxygens (including phenoxy) is 16. The normalized spacial score (nSPS) is 12.1. The minimum atomic E-state index is -0.257. The number of hydrogen-bond acceptors (Lipinski definition) is 26. The Hall–Kier alpha value is -5.62. The predicted molar refractivity (Wildman–Crippen MR) is 351 cm³/mol. The van der Waals surface area contributed by atoms with Crippen LogP contribution in [0.4, 0.5) is 0 Å².